The zero-order valence-corrected chi connectivity index (χ0v) is 18.7. The normalized spacial score (nSPS) is 11.1. The maximum absolute atomic E-state index is 12.6. The van der Waals surface area contributed by atoms with Crippen molar-refractivity contribution in [2.24, 2.45) is 5.10 Å². The van der Waals surface area contributed by atoms with Crippen LogP contribution in [0.4, 0.5) is 0 Å². The van der Waals surface area contributed by atoms with Crippen molar-refractivity contribution < 1.29 is 9.21 Å². The van der Waals surface area contributed by atoms with Gasteiger partial charge in [0, 0.05) is 11.3 Å². The molecule has 0 fully saturated rings. The van der Waals surface area contributed by atoms with Crippen LogP contribution in [0.25, 0.3) is 28.2 Å². The SMILES string of the molecule is Cc1ccc(/C=N/NC(=O)c2ccc(-n3c(-c4ccccc4)ccc3-c3ccccc3)cc2)o1. The molecule has 0 saturated heterocycles. The van der Waals surface area contributed by atoms with Crippen LogP contribution < -0.4 is 5.43 Å². The average Bonchev–Trinajstić information content (AvgIpc) is 3.51. The molecule has 5 heteroatoms. The standard InChI is InChI=1S/C29H23N3O2/c1-21-12-17-26(34-21)20-30-31-29(33)24-13-15-25(16-14-24)32-27(22-8-4-2-5-9-22)18-19-28(32)23-10-6-3-7-11-23/h2-20H,1H3,(H,31,33)/b30-20+. The lowest BCUT2D eigenvalue weighted by atomic mass is 10.1. The van der Waals surface area contributed by atoms with Crippen molar-refractivity contribution in [3.05, 3.63) is 126 Å². The van der Waals surface area contributed by atoms with Crippen molar-refractivity contribution in [3.63, 3.8) is 0 Å². The van der Waals surface area contributed by atoms with Gasteiger partial charge in [0.05, 0.1) is 17.6 Å². The van der Waals surface area contributed by atoms with Crippen LogP contribution in [0.3, 0.4) is 0 Å². The number of nitrogens with one attached hydrogen (secondary N) is 1. The first-order valence-corrected chi connectivity index (χ1v) is 11.0. The predicted octanol–water partition coefficient (Wildman–Crippen LogP) is 6.48. The molecule has 0 aliphatic carbocycles. The first kappa shape index (κ1) is 21.2. The molecule has 5 nitrogen and oxygen atoms in total. The summed E-state index contributed by atoms with van der Waals surface area (Å²) in [6.45, 7) is 1.86. The Kier molecular flexibility index (Phi) is 5.91. The van der Waals surface area contributed by atoms with E-state index in [0.29, 0.717) is 11.3 Å². The zero-order valence-electron chi connectivity index (χ0n) is 18.7. The van der Waals surface area contributed by atoms with Gasteiger partial charge in [0.1, 0.15) is 11.5 Å². The van der Waals surface area contributed by atoms with Crippen molar-refractivity contribution in [2.75, 3.05) is 0 Å². The Morgan fingerprint density at radius 2 is 1.35 bits per heavy atom. The highest BCUT2D eigenvalue weighted by Gasteiger charge is 2.14. The molecule has 5 aromatic rings. The highest BCUT2D eigenvalue weighted by atomic mass is 16.3. The highest BCUT2D eigenvalue weighted by molar-refractivity contribution is 5.95. The van der Waals surface area contributed by atoms with E-state index in [9.17, 15) is 4.79 Å². The predicted molar refractivity (Wildman–Crippen MR) is 135 cm³/mol. The van der Waals surface area contributed by atoms with Gasteiger partial charge < -0.3 is 8.98 Å². The summed E-state index contributed by atoms with van der Waals surface area (Å²) in [7, 11) is 0. The molecule has 0 radical (unpaired) electrons. The fraction of sp³-hybridized carbons (Fsp3) is 0.0345. The second kappa shape index (κ2) is 9.46. The van der Waals surface area contributed by atoms with E-state index in [0.717, 1.165) is 34.0 Å². The van der Waals surface area contributed by atoms with Crippen LogP contribution in [0.1, 0.15) is 21.9 Å². The quantitative estimate of drug-likeness (QED) is 0.240. The molecular formula is C29H23N3O2. The number of nitrogens with zero attached hydrogens (tertiary/aromatic N) is 2. The third kappa shape index (κ3) is 4.45. The third-order valence-electron chi connectivity index (χ3n) is 5.53. The molecule has 0 saturated carbocycles. The minimum atomic E-state index is -0.287. The molecule has 3 aromatic carbocycles. The Hall–Kier alpha value is -4.64. The van der Waals surface area contributed by atoms with Gasteiger partial charge in [-0.1, -0.05) is 60.7 Å². The first-order chi connectivity index (χ1) is 16.7. The van der Waals surface area contributed by atoms with Crippen LogP contribution in [0.15, 0.2) is 119 Å². The number of hydrogen-bond donors (Lipinski definition) is 1. The van der Waals surface area contributed by atoms with Crippen molar-refractivity contribution in [2.45, 2.75) is 6.92 Å². The molecule has 34 heavy (non-hydrogen) atoms. The molecule has 1 amide bonds. The number of carbonyl (C=O) groups is 1. The van der Waals surface area contributed by atoms with E-state index in [4.69, 9.17) is 4.42 Å². The fourth-order valence-electron chi connectivity index (χ4n) is 3.89. The number of hydrogen-bond acceptors (Lipinski definition) is 3. The van der Waals surface area contributed by atoms with E-state index in [1.54, 1.807) is 18.2 Å². The Morgan fingerprint density at radius 3 is 1.88 bits per heavy atom. The third-order valence-corrected chi connectivity index (χ3v) is 5.53. The molecule has 0 unspecified atom stereocenters. The summed E-state index contributed by atoms with van der Waals surface area (Å²) in [4.78, 5) is 12.6. The number of hydrazone groups is 1. The van der Waals surface area contributed by atoms with Gasteiger partial charge in [0.25, 0.3) is 5.91 Å². The summed E-state index contributed by atoms with van der Waals surface area (Å²) >= 11 is 0. The molecule has 166 valence electrons. The van der Waals surface area contributed by atoms with Crippen molar-refractivity contribution in [3.8, 4) is 28.2 Å². The largest absolute Gasteiger partial charge is 0.460 e. The number of rotatable bonds is 6. The van der Waals surface area contributed by atoms with Crippen LogP contribution in [0.5, 0.6) is 0 Å². The van der Waals surface area contributed by atoms with E-state index < -0.39 is 0 Å². The number of amides is 1. The average molecular weight is 446 g/mol. The summed E-state index contributed by atoms with van der Waals surface area (Å²) < 4.78 is 7.63. The molecule has 0 aliphatic rings. The van der Waals surface area contributed by atoms with Crippen molar-refractivity contribution in [1.82, 2.24) is 9.99 Å². The van der Waals surface area contributed by atoms with Crippen LogP contribution >= 0.6 is 0 Å². The second-order valence-electron chi connectivity index (χ2n) is 7.87. The maximum atomic E-state index is 12.6. The Morgan fingerprint density at radius 1 is 0.765 bits per heavy atom. The number of aryl methyl sites for hydroxylation is 1. The van der Waals surface area contributed by atoms with E-state index in [2.05, 4.69) is 51.5 Å². The van der Waals surface area contributed by atoms with Crippen molar-refractivity contribution in [1.29, 1.82) is 0 Å². The van der Waals surface area contributed by atoms with Crippen LogP contribution in [0, 0.1) is 6.92 Å². The molecule has 0 aliphatic heterocycles. The summed E-state index contributed by atoms with van der Waals surface area (Å²) in [5.41, 5.74) is 8.43. The minimum Gasteiger partial charge on any atom is -0.460 e. The molecule has 0 spiro atoms. The Balaban J connectivity index is 1.45. The van der Waals surface area contributed by atoms with E-state index in [1.165, 1.54) is 6.21 Å². The number of benzene rings is 3. The number of furan rings is 1. The van der Waals surface area contributed by atoms with Gasteiger partial charge in [-0.15, -0.1) is 0 Å². The smallest absolute Gasteiger partial charge is 0.271 e. The maximum Gasteiger partial charge on any atom is 0.271 e. The first-order valence-electron chi connectivity index (χ1n) is 11.0. The monoisotopic (exact) mass is 445 g/mol. The Bertz CT molecular complexity index is 1370. The molecule has 5 rings (SSSR count). The molecule has 2 aromatic heterocycles. The van der Waals surface area contributed by atoms with Crippen molar-refractivity contribution >= 4 is 12.1 Å². The van der Waals surface area contributed by atoms with Crippen LogP contribution in [-0.4, -0.2) is 16.7 Å². The highest BCUT2D eigenvalue weighted by Crippen LogP contribution is 2.32. The van der Waals surface area contributed by atoms with Gasteiger partial charge in [-0.3, -0.25) is 4.79 Å². The van der Waals surface area contributed by atoms with Gasteiger partial charge in [-0.25, -0.2) is 5.43 Å². The summed E-state index contributed by atoms with van der Waals surface area (Å²) in [6.07, 6.45) is 1.48. The molecule has 1 N–H and O–H groups in total. The van der Waals surface area contributed by atoms with Gasteiger partial charge in [-0.2, -0.15) is 5.10 Å². The summed E-state index contributed by atoms with van der Waals surface area (Å²) in [5, 5.41) is 3.99. The second-order valence-corrected chi connectivity index (χ2v) is 7.87. The van der Waals surface area contributed by atoms with Gasteiger partial charge in [-0.05, 0) is 66.6 Å². The lowest BCUT2D eigenvalue weighted by molar-refractivity contribution is 0.0955. The lowest BCUT2D eigenvalue weighted by Crippen LogP contribution is -2.17. The molecule has 0 atom stereocenters. The zero-order chi connectivity index (χ0) is 23.3. The Labute approximate surface area is 198 Å². The van der Waals surface area contributed by atoms with E-state index >= 15 is 0 Å². The number of carbonyl (C=O) groups excluding carboxylic acids is 1. The van der Waals surface area contributed by atoms with Crippen LogP contribution in [0.2, 0.25) is 0 Å². The summed E-state index contributed by atoms with van der Waals surface area (Å²) in [6, 6.07) is 36.0. The van der Waals surface area contributed by atoms with Gasteiger partial charge in [0.15, 0.2) is 0 Å². The molecular weight excluding hydrogens is 422 g/mol. The van der Waals surface area contributed by atoms with E-state index in [-0.39, 0.29) is 5.91 Å². The fourth-order valence-corrected chi connectivity index (χ4v) is 3.89. The summed E-state index contributed by atoms with van der Waals surface area (Å²) in [5.74, 6) is 1.09. The van der Waals surface area contributed by atoms with Crippen LogP contribution in [-0.2, 0) is 0 Å². The van der Waals surface area contributed by atoms with Gasteiger partial charge >= 0.3 is 0 Å². The lowest BCUT2D eigenvalue weighted by Gasteiger charge is -2.15. The molecule has 0 bridgehead atoms. The number of aromatic nitrogens is 1. The van der Waals surface area contributed by atoms with Gasteiger partial charge in [0.2, 0.25) is 0 Å². The van der Waals surface area contributed by atoms with E-state index in [1.807, 2.05) is 61.5 Å². The molecule has 2 heterocycles. The topological polar surface area (TPSA) is 59.5 Å². The minimum absolute atomic E-state index is 0.287.